The molecule has 0 saturated carbocycles. The lowest BCUT2D eigenvalue weighted by molar-refractivity contribution is 0.808. The van der Waals surface area contributed by atoms with Crippen LogP contribution in [0.2, 0.25) is 9.49 Å². The fourth-order valence-corrected chi connectivity index (χ4v) is 2.60. The number of halogens is 2. The SMILES string of the molecule is O=c1c(Cc2ccc(Cl)cc2)nnc2sc(Cl)nn12. The molecule has 0 N–H and O–H groups in total. The second-order valence-corrected chi connectivity index (χ2v) is 5.78. The van der Waals surface area contributed by atoms with Gasteiger partial charge in [0.15, 0.2) is 0 Å². The van der Waals surface area contributed by atoms with Crippen molar-refractivity contribution < 1.29 is 0 Å². The normalized spacial score (nSPS) is 11.1. The zero-order chi connectivity index (χ0) is 13.4. The zero-order valence-electron chi connectivity index (χ0n) is 9.38. The molecule has 5 nitrogen and oxygen atoms in total. The van der Waals surface area contributed by atoms with Crippen LogP contribution in [0.5, 0.6) is 0 Å². The van der Waals surface area contributed by atoms with E-state index in [0.717, 1.165) is 16.9 Å². The molecule has 19 heavy (non-hydrogen) atoms. The van der Waals surface area contributed by atoms with Gasteiger partial charge in [-0.3, -0.25) is 4.79 Å². The number of rotatable bonds is 2. The van der Waals surface area contributed by atoms with Crippen LogP contribution in [0.3, 0.4) is 0 Å². The molecule has 0 fully saturated rings. The Morgan fingerprint density at radius 2 is 1.89 bits per heavy atom. The Balaban J connectivity index is 2.03. The van der Waals surface area contributed by atoms with Gasteiger partial charge in [0.25, 0.3) is 5.56 Å². The molecule has 8 heteroatoms. The Morgan fingerprint density at radius 1 is 1.16 bits per heavy atom. The summed E-state index contributed by atoms with van der Waals surface area (Å²) in [4.78, 5) is 12.5. The molecule has 0 saturated heterocycles. The lowest BCUT2D eigenvalue weighted by atomic mass is 10.1. The van der Waals surface area contributed by atoms with Crippen molar-refractivity contribution in [1.82, 2.24) is 19.8 Å². The minimum Gasteiger partial charge on any atom is -0.265 e. The molecule has 2 aromatic heterocycles. The van der Waals surface area contributed by atoms with E-state index in [1.54, 1.807) is 12.1 Å². The molecular formula is C11H6Cl2N4OS. The first-order valence-corrected chi connectivity index (χ1v) is 6.86. The van der Waals surface area contributed by atoms with Crippen molar-refractivity contribution >= 4 is 39.5 Å². The Bertz CT molecular complexity index is 797. The first kappa shape index (κ1) is 12.5. The van der Waals surface area contributed by atoms with E-state index in [1.165, 1.54) is 4.52 Å². The van der Waals surface area contributed by atoms with E-state index in [1.807, 2.05) is 12.1 Å². The summed E-state index contributed by atoms with van der Waals surface area (Å²) in [6.45, 7) is 0. The molecule has 96 valence electrons. The van der Waals surface area contributed by atoms with Gasteiger partial charge in [-0.2, -0.15) is 4.52 Å². The highest BCUT2D eigenvalue weighted by molar-refractivity contribution is 7.20. The number of benzene rings is 1. The van der Waals surface area contributed by atoms with E-state index in [9.17, 15) is 4.79 Å². The summed E-state index contributed by atoms with van der Waals surface area (Å²) in [7, 11) is 0. The Labute approximate surface area is 121 Å². The predicted molar refractivity (Wildman–Crippen MR) is 74.2 cm³/mol. The van der Waals surface area contributed by atoms with Crippen molar-refractivity contribution in [3.8, 4) is 0 Å². The number of nitrogens with zero attached hydrogens (tertiary/aromatic N) is 4. The monoisotopic (exact) mass is 312 g/mol. The molecule has 0 spiro atoms. The summed E-state index contributed by atoms with van der Waals surface area (Å²) in [5.41, 5.74) is 0.946. The highest BCUT2D eigenvalue weighted by Gasteiger charge is 2.11. The summed E-state index contributed by atoms with van der Waals surface area (Å²) in [6, 6.07) is 7.21. The van der Waals surface area contributed by atoms with E-state index >= 15 is 0 Å². The third-order valence-electron chi connectivity index (χ3n) is 2.52. The van der Waals surface area contributed by atoms with E-state index in [-0.39, 0.29) is 10.0 Å². The largest absolute Gasteiger partial charge is 0.297 e. The van der Waals surface area contributed by atoms with Gasteiger partial charge in [-0.05, 0) is 29.3 Å². The minimum absolute atomic E-state index is 0.259. The topological polar surface area (TPSA) is 60.2 Å². The van der Waals surface area contributed by atoms with Crippen LogP contribution in [0.15, 0.2) is 29.1 Å². The summed E-state index contributed by atoms with van der Waals surface area (Å²) < 4.78 is 1.43. The smallest absolute Gasteiger partial charge is 0.265 e. The standard InChI is InChI=1S/C11H6Cl2N4OS/c12-7-3-1-6(2-4-7)5-8-9(18)17-11(15-14-8)19-10(13)16-17/h1-4H,5H2. The first-order chi connectivity index (χ1) is 9.13. The highest BCUT2D eigenvalue weighted by Crippen LogP contribution is 2.16. The average molecular weight is 313 g/mol. The Kier molecular flexibility index (Phi) is 3.22. The Hall–Kier alpha value is -1.50. The molecular weight excluding hydrogens is 307 g/mol. The molecule has 0 aliphatic heterocycles. The van der Waals surface area contributed by atoms with Crippen molar-refractivity contribution in [2.45, 2.75) is 6.42 Å². The van der Waals surface area contributed by atoms with Gasteiger partial charge in [-0.15, -0.1) is 15.3 Å². The van der Waals surface area contributed by atoms with E-state index in [4.69, 9.17) is 23.2 Å². The lowest BCUT2D eigenvalue weighted by Crippen LogP contribution is -2.22. The molecule has 0 unspecified atom stereocenters. The van der Waals surface area contributed by atoms with Crippen LogP contribution in [0.1, 0.15) is 11.3 Å². The molecule has 0 aliphatic rings. The number of hydrogen-bond donors (Lipinski definition) is 0. The third kappa shape index (κ3) is 2.47. The van der Waals surface area contributed by atoms with Gasteiger partial charge in [-0.25, -0.2) is 0 Å². The molecule has 0 aliphatic carbocycles. The minimum atomic E-state index is -0.303. The molecule has 1 aromatic carbocycles. The summed E-state index contributed by atoms with van der Waals surface area (Å²) in [6.07, 6.45) is 0.376. The first-order valence-electron chi connectivity index (χ1n) is 5.29. The maximum absolute atomic E-state index is 12.1. The molecule has 0 radical (unpaired) electrons. The summed E-state index contributed by atoms with van der Waals surface area (Å²) >= 11 is 12.7. The van der Waals surface area contributed by atoms with Crippen LogP contribution in [0.4, 0.5) is 0 Å². The van der Waals surface area contributed by atoms with Crippen molar-refractivity contribution in [3.63, 3.8) is 0 Å². The van der Waals surface area contributed by atoms with Gasteiger partial charge in [0.1, 0.15) is 5.69 Å². The molecule has 2 heterocycles. The van der Waals surface area contributed by atoms with E-state index in [2.05, 4.69) is 15.3 Å². The average Bonchev–Trinajstić information content (AvgIpc) is 2.77. The van der Waals surface area contributed by atoms with Crippen molar-refractivity contribution in [2.24, 2.45) is 0 Å². The van der Waals surface area contributed by atoms with Gasteiger partial charge in [-0.1, -0.05) is 35.1 Å². The number of fused-ring (bicyclic) bond motifs is 1. The predicted octanol–water partition coefficient (Wildman–Crippen LogP) is 2.44. The van der Waals surface area contributed by atoms with Crippen molar-refractivity contribution in [3.05, 3.63) is 55.4 Å². The quantitative estimate of drug-likeness (QED) is 0.729. The highest BCUT2D eigenvalue weighted by atomic mass is 35.5. The van der Waals surface area contributed by atoms with Crippen molar-refractivity contribution in [1.29, 1.82) is 0 Å². The molecule has 0 bridgehead atoms. The second kappa shape index (κ2) is 4.88. The van der Waals surface area contributed by atoms with Crippen LogP contribution in [-0.4, -0.2) is 19.8 Å². The fraction of sp³-hybridized carbons (Fsp3) is 0.0909. The van der Waals surface area contributed by atoms with Gasteiger partial charge in [0.05, 0.1) is 0 Å². The van der Waals surface area contributed by atoms with Gasteiger partial charge in [0, 0.05) is 11.4 Å². The molecule has 3 rings (SSSR count). The van der Waals surface area contributed by atoms with Crippen LogP contribution in [-0.2, 0) is 6.42 Å². The zero-order valence-corrected chi connectivity index (χ0v) is 11.7. The maximum Gasteiger partial charge on any atom is 0.297 e. The van der Waals surface area contributed by atoms with E-state index in [0.29, 0.717) is 22.1 Å². The van der Waals surface area contributed by atoms with E-state index < -0.39 is 0 Å². The maximum atomic E-state index is 12.1. The van der Waals surface area contributed by atoms with Gasteiger partial charge in [0.2, 0.25) is 9.43 Å². The van der Waals surface area contributed by atoms with Crippen LogP contribution in [0, 0.1) is 0 Å². The third-order valence-corrected chi connectivity index (χ3v) is 3.76. The summed E-state index contributed by atoms with van der Waals surface area (Å²) in [5.74, 6) is 0. The second-order valence-electron chi connectivity index (χ2n) is 3.80. The number of hydrogen-bond acceptors (Lipinski definition) is 5. The van der Waals surface area contributed by atoms with Gasteiger partial charge < -0.3 is 0 Å². The van der Waals surface area contributed by atoms with Crippen LogP contribution >= 0.6 is 34.5 Å². The lowest BCUT2D eigenvalue weighted by Gasteiger charge is -2.00. The molecule has 3 aromatic rings. The van der Waals surface area contributed by atoms with Crippen molar-refractivity contribution in [2.75, 3.05) is 0 Å². The molecule has 0 atom stereocenters. The number of aromatic nitrogens is 4. The fourth-order valence-electron chi connectivity index (χ4n) is 1.63. The molecule has 0 amide bonds. The van der Waals surface area contributed by atoms with Gasteiger partial charge >= 0.3 is 0 Å². The van der Waals surface area contributed by atoms with Crippen LogP contribution < -0.4 is 5.56 Å². The Morgan fingerprint density at radius 3 is 2.63 bits per heavy atom. The summed E-state index contributed by atoms with van der Waals surface area (Å²) in [5, 5.41) is 12.4. The van der Waals surface area contributed by atoms with Crippen LogP contribution in [0.25, 0.3) is 4.96 Å².